The number of rotatable bonds is 6. The highest BCUT2D eigenvalue weighted by Crippen LogP contribution is 2.37. The standard InChI is InChI=1S/C16H20F3NO3/c1-22-6-5-20-10-12(9-15(20)21)7-11-3-4-14(23-2)13(8-11)16(17,18)19/h3-4,8,12H,5-7,9-10H2,1-2H3/t12-/m1/s1. The van der Waals surface area contributed by atoms with Gasteiger partial charge in [0, 0.05) is 26.6 Å². The molecule has 128 valence electrons. The third-order valence-electron chi connectivity index (χ3n) is 3.95. The van der Waals surface area contributed by atoms with Gasteiger partial charge in [-0.15, -0.1) is 0 Å². The quantitative estimate of drug-likeness (QED) is 0.805. The molecule has 2 rings (SSSR count). The Morgan fingerprint density at radius 3 is 2.65 bits per heavy atom. The number of hydrogen-bond donors (Lipinski definition) is 0. The zero-order chi connectivity index (χ0) is 17.0. The summed E-state index contributed by atoms with van der Waals surface area (Å²) in [6.45, 7) is 1.52. The van der Waals surface area contributed by atoms with Gasteiger partial charge >= 0.3 is 6.18 Å². The van der Waals surface area contributed by atoms with Crippen molar-refractivity contribution in [2.24, 2.45) is 5.92 Å². The molecule has 0 saturated carbocycles. The topological polar surface area (TPSA) is 38.8 Å². The van der Waals surface area contributed by atoms with Crippen molar-refractivity contribution >= 4 is 5.91 Å². The average Bonchev–Trinajstić information content (AvgIpc) is 2.84. The zero-order valence-electron chi connectivity index (χ0n) is 13.2. The van der Waals surface area contributed by atoms with Crippen LogP contribution in [0.25, 0.3) is 0 Å². The van der Waals surface area contributed by atoms with Crippen LogP contribution in [0.5, 0.6) is 5.75 Å². The lowest BCUT2D eigenvalue weighted by Gasteiger charge is -2.17. The lowest BCUT2D eigenvalue weighted by atomic mass is 9.97. The minimum absolute atomic E-state index is 0.0221. The summed E-state index contributed by atoms with van der Waals surface area (Å²) in [6, 6.07) is 4.06. The van der Waals surface area contributed by atoms with E-state index in [0.29, 0.717) is 38.1 Å². The lowest BCUT2D eigenvalue weighted by molar-refractivity contribution is -0.138. The third-order valence-corrected chi connectivity index (χ3v) is 3.95. The number of amides is 1. The fraction of sp³-hybridized carbons (Fsp3) is 0.562. The Labute approximate surface area is 133 Å². The Bertz CT molecular complexity index is 560. The second kappa shape index (κ2) is 7.21. The van der Waals surface area contributed by atoms with Crippen LogP contribution in [0, 0.1) is 5.92 Å². The molecule has 1 amide bonds. The minimum Gasteiger partial charge on any atom is -0.496 e. The molecule has 7 heteroatoms. The molecule has 0 aliphatic carbocycles. The molecule has 1 saturated heterocycles. The first-order valence-electron chi connectivity index (χ1n) is 7.36. The average molecular weight is 331 g/mol. The van der Waals surface area contributed by atoms with Gasteiger partial charge in [0.2, 0.25) is 5.91 Å². The minimum atomic E-state index is -4.46. The number of benzene rings is 1. The van der Waals surface area contributed by atoms with Crippen molar-refractivity contribution in [3.8, 4) is 5.75 Å². The number of carbonyl (C=O) groups excluding carboxylic acids is 1. The Hall–Kier alpha value is -1.76. The molecule has 1 aliphatic rings. The largest absolute Gasteiger partial charge is 0.496 e. The Morgan fingerprint density at radius 2 is 2.04 bits per heavy atom. The van der Waals surface area contributed by atoms with Crippen LogP contribution in [0.4, 0.5) is 13.2 Å². The highest BCUT2D eigenvalue weighted by atomic mass is 19.4. The first kappa shape index (κ1) is 17.6. The van der Waals surface area contributed by atoms with E-state index in [1.165, 1.54) is 13.2 Å². The molecule has 1 fully saturated rings. The van der Waals surface area contributed by atoms with Crippen molar-refractivity contribution in [3.63, 3.8) is 0 Å². The SMILES string of the molecule is COCCN1C[C@H](Cc2ccc(OC)c(C(F)(F)F)c2)CC1=O. The maximum Gasteiger partial charge on any atom is 0.419 e. The molecule has 0 radical (unpaired) electrons. The van der Waals surface area contributed by atoms with E-state index in [2.05, 4.69) is 0 Å². The molecule has 0 spiro atoms. The van der Waals surface area contributed by atoms with E-state index in [-0.39, 0.29) is 17.6 Å². The number of nitrogens with zero attached hydrogens (tertiary/aromatic N) is 1. The molecule has 1 aromatic rings. The first-order chi connectivity index (χ1) is 10.8. The maximum absolute atomic E-state index is 13.0. The number of halogens is 3. The first-order valence-corrected chi connectivity index (χ1v) is 7.36. The summed E-state index contributed by atoms with van der Waals surface area (Å²) < 4.78 is 48.8. The van der Waals surface area contributed by atoms with Gasteiger partial charge in [0.15, 0.2) is 0 Å². The smallest absolute Gasteiger partial charge is 0.419 e. The van der Waals surface area contributed by atoms with E-state index in [1.807, 2.05) is 0 Å². The Kier molecular flexibility index (Phi) is 5.51. The number of likely N-dealkylation sites (tertiary alicyclic amines) is 1. The fourth-order valence-corrected chi connectivity index (χ4v) is 2.85. The van der Waals surface area contributed by atoms with Crippen molar-refractivity contribution in [1.82, 2.24) is 4.90 Å². The van der Waals surface area contributed by atoms with Gasteiger partial charge in [-0.25, -0.2) is 0 Å². The molecule has 4 nitrogen and oxygen atoms in total. The van der Waals surface area contributed by atoms with E-state index < -0.39 is 11.7 Å². The predicted molar refractivity (Wildman–Crippen MR) is 78.3 cm³/mol. The highest BCUT2D eigenvalue weighted by molar-refractivity contribution is 5.78. The van der Waals surface area contributed by atoms with Gasteiger partial charge in [0.25, 0.3) is 0 Å². The molecule has 1 aliphatic heterocycles. The predicted octanol–water partition coefficient (Wildman–Crippen LogP) is 2.75. The van der Waals surface area contributed by atoms with Gasteiger partial charge in [-0.3, -0.25) is 4.79 Å². The molecule has 23 heavy (non-hydrogen) atoms. The normalized spacial score (nSPS) is 18.6. The summed E-state index contributed by atoms with van der Waals surface area (Å²) in [4.78, 5) is 13.6. The van der Waals surface area contributed by atoms with Crippen molar-refractivity contribution in [2.45, 2.75) is 19.0 Å². The number of alkyl halides is 3. The van der Waals surface area contributed by atoms with Crippen LogP contribution in [-0.2, 0) is 22.1 Å². The molecule has 0 N–H and O–H groups in total. The Balaban J connectivity index is 2.08. The molecule has 0 aromatic heterocycles. The van der Waals surface area contributed by atoms with Crippen molar-refractivity contribution in [3.05, 3.63) is 29.3 Å². The number of ether oxygens (including phenoxy) is 2. The van der Waals surface area contributed by atoms with E-state index >= 15 is 0 Å². The van der Waals surface area contributed by atoms with Crippen molar-refractivity contribution in [2.75, 3.05) is 33.9 Å². The maximum atomic E-state index is 13.0. The van der Waals surface area contributed by atoms with Crippen LogP contribution >= 0.6 is 0 Å². The summed E-state index contributed by atoms with van der Waals surface area (Å²) in [6.07, 6.45) is -3.67. The number of carbonyl (C=O) groups is 1. The molecule has 1 heterocycles. The number of methoxy groups -OCH3 is 2. The van der Waals surface area contributed by atoms with Crippen LogP contribution in [-0.4, -0.2) is 44.7 Å². The highest BCUT2D eigenvalue weighted by Gasteiger charge is 2.35. The Morgan fingerprint density at radius 1 is 1.30 bits per heavy atom. The van der Waals surface area contributed by atoms with Crippen LogP contribution in [0.1, 0.15) is 17.5 Å². The van der Waals surface area contributed by atoms with E-state index in [0.717, 1.165) is 6.07 Å². The van der Waals surface area contributed by atoms with Crippen LogP contribution in [0.3, 0.4) is 0 Å². The molecule has 0 unspecified atom stereocenters. The number of hydrogen-bond acceptors (Lipinski definition) is 3. The molecule has 0 bridgehead atoms. The summed E-state index contributed by atoms with van der Waals surface area (Å²) in [7, 11) is 2.78. The molecule has 1 atom stereocenters. The third kappa shape index (κ3) is 4.37. The van der Waals surface area contributed by atoms with Crippen molar-refractivity contribution in [1.29, 1.82) is 0 Å². The van der Waals surface area contributed by atoms with E-state index in [9.17, 15) is 18.0 Å². The van der Waals surface area contributed by atoms with Gasteiger partial charge in [0.05, 0.1) is 19.3 Å². The van der Waals surface area contributed by atoms with Gasteiger partial charge in [-0.1, -0.05) is 6.07 Å². The monoisotopic (exact) mass is 331 g/mol. The van der Waals surface area contributed by atoms with Gasteiger partial charge < -0.3 is 14.4 Å². The van der Waals surface area contributed by atoms with E-state index in [1.54, 1.807) is 18.1 Å². The van der Waals surface area contributed by atoms with Gasteiger partial charge in [-0.2, -0.15) is 13.2 Å². The second-order valence-electron chi connectivity index (χ2n) is 5.64. The van der Waals surface area contributed by atoms with Crippen LogP contribution < -0.4 is 4.74 Å². The van der Waals surface area contributed by atoms with Gasteiger partial charge in [0.1, 0.15) is 5.75 Å². The van der Waals surface area contributed by atoms with Gasteiger partial charge in [-0.05, 0) is 30.0 Å². The lowest BCUT2D eigenvalue weighted by Crippen LogP contribution is -2.28. The zero-order valence-corrected chi connectivity index (χ0v) is 13.2. The molecular formula is C16H20F3NO3. The summed E-state index contributed by atoms with van der Waals surface area (Å²) in [5.74, 6) is -0.143. The molecule has 1 aromatic carbocycles. The summed E-state index contributed by atoms with van der Waals surface area (Å²) in [5, 5.41) is 0. The summed E-state index contributed by atoms with van der Waals surface area (Å²) >= 11 is 0. The second-order valence-corrected chi connectivity index (χ2v) is 5.64. The fourth-order valence-electron chi connectivity index (χ4n) is 2.85. The van der Waals surface area contributed by atoms with Crippen LogP contribution in [0.15, 0.2) is 18.2 Å². The van der Waals surface area contributed by atoms with E-state index in [4.69, 9.17) is 9.47 Å². The van der Waals surface area contributed by atoms with Crippen LogP contribution in [0.2, 0.25) is 0 Å². The van der Waals surface area contributed by atoms with Crippen molar-refractivity contribution < 1.29 is 27.4 Å². The molecular weight excluding hydrogens is 311 g/mol. The summed E-state index contributed by atoms with van der Waals surface area (Å²) in [5.41, 5.74) is -0.220.